The van der Waals surface area contributed by atoms with Crippen LogP contribution in [0.15, 0.2) is 40.4 Å². The molecule has 0 radical (unpaired) electrons. The molecule has 2 aromatic rings. The molecule has 0 fully saturated rings. The summed E-state index contributed by atoms with van der Waals surface area (Å²) in [6, 6.07) is 6.90. The summed E-state index contributed by atoms with van der Waals surface area (Å²) in [7, 11) is 0. The topological polar surface area (TPSA) is 96.7 Å². The molecule has 0 aliphatic heterocycles. The number of nitrogens with two attached hydrogens (primary N) is 1. The first-order valence-electron chi connectivity index (χ1n) is 4.88. The molecule has 0 amide bonds. The van der Waals surface area contributed by atoms with Gasteiger partial charge in [0.2, 0.25) is 0 Å². The number of hydrogen-bond acceptors (Lipinski definition) is 6. The number of nitrogens with one attached hydrogen (secondary N) is 2. The molecule has 0 saturated heterocycles. The zero-order valence-electron chi connectivity index (χ0n) is 8.88. The van der Waals surface area contributed by atoms with Crippen molar-refractivity contribution in [1.29, 1.82) is 0 Å². The molecule has 0 aliphatic carbocycles. The molecular weight excluding hydrogens is 238 g/mol. The van der Waals surface area contributed by atoms with Gasteiger partial charge < -0.3 is 10.4 Å². The summed E-state index contributed by atoms with van der Waals surface area (Å²) in [5.74, 6) is 6.49. The summed E-state index contributed by atoms with van der Waals surface area (Å²) in [4.78, 5) is 22.0. The van der Waals surface area contributed by atoms with Gasteiger partial charge in [0, 0.05) is 18.0 Å². The molecule has 0 aromatic carbocycles. The fourth-order valence-corrected chi connectivity index (χ4v) is 1.96. The number of pyridine rings is 1. The van der Waals surface area contributed by atoms with Crippen molar-refractivity contribution in [2.45, 2.75) is 10.9 Å². The quantitative estimate of drug-likeness (QED) is 0.320. The van der Waals surface area contributed by atoms with Gasteiger partial charge >= 0.3 is 0 Å². The number of aromatic nitrogens is 3. The first-order valence-corrected chi connectivity index (χ1v) is 5.87. The standard InChI is InChI=1S/C10H11N5OS/c11-15-8-3-1-2-7(13-8)6-17-10-12-5-4-9(16)14-10/h1-5H,6,11H2,(H,13,15)(H,12,14,16). The van der Waals surface area contributed by atoms with Gasteiger partial charge in [-0.3, -0.25) is 4.79 Å². The maximum atomic E-state index is 11.1. The summed E-state index contributed by atoms with van der Waals surface area (Å²) in [5.41, 5.74) is 3.18. The highest BCUT2D eigenvalue weighted by Crippen LogP contribution is 2.17. The molecule has 0 atom stereocenters. The van der Waals surface area contributed by atoms with Crippen LogP contribution in [0.4, 0.5) is 5.82 Å². The number of hydrazine groups is 1. The van der Waals surface area contributed by atoms with Crippen LogP contribution in [0.1, 0.15) is 5.69 Å². The zero-order valence-corrected chi connectivity index (χ0v) is 9.70. The average molecular weight is 249 g/mol. The van der Waals surface area contributed by atoms with Crippen molar-refractivity contribution >= 4 is 17.6 Å². The Morgan fingerprint density at radius 2 is 2.29 bits per heavy atom. The van der Waals surface area contributed by atoms with Crippen molar-refractivity contribution in [1.82, 2.24) is 15.0 Å². The Morgan fingerprint density at radius 3 is 3.06 bits per heavy atom. The van der Waals surface area contributed by atoms with Crippen molar-refractivity contribution in [3.63, 3.8) is 0 Å². The summed E-state index contributed by atoms with van der Waals surface area (Å²) in [5, 5.41) is 0.574. The Hall–Kier alpha value is -1.86. The largest absolute Gasteiger partial charge is 0.308 e. The monoisotopic (exact) mass is 249 g/mol. The highest BCUT2D eigenvalue weighted by Gasteiger charge is 2.00. The molecule has 88 valence electrons. The molecule has 17 heavy (non-hydrogen) atoms. The van der Waals surface area contributed by atoms with Crippen LogP contribution in [0.3, 0.4) is 0 Å². The lowest BCUT2D eigenvalue weighted by Gasteiger charge is -2.03. The van der Waals surface area contributed by atoms with E-state index in [0.29, 0.717) is 16.7 Å². The Balaban J connectivity index is 2.04. The van der Waals surface area contributed by atoms with Crippen molar-refractivity contribution in [3.05, 3.63) is 46.5 Å². The van der Waals surface area contributed by atoms with E-state index in [1.807, 2.05) is 12.1 Å². The van der Waals surface area contributed by atoms with E-state index in [4.69, 9.17) is 5.84 Å². The van der Waals surface area contributed by atoms with Crippen molar-refractivity contribution < 1.29 is 0 Å². The second-order valence-electron chi connectivity index (χ2n) is 3.19. The third-order valence-corrected chi connectivity index (χ3v) is 2.88. The second kappa shape index (κ2) is 5.46. The lowest BCUT2D eigenvalue weighted by molar-refractivity contribution is 0.935. The van der Waals surface area contributed by atoms with Crippen molar-refractivity contribution in [3.8, 4) is 0 Å². The number of aromatic amines is 1. The maximum absolute atomic E-state index is 11.1. The van der Waals surface area contributed by atoms with Crippen LogP contribution in [-0.2, 0) is 5.75 Å². The number of rotatable bonds is 4. The number of thioether (sulfide) groups is 1. The molecule has 7 heteroatoms. The van der Waals surface area contributed by atoms with Crippen LogP contribution in [0.5, 0.6) is 0 Å². The molecule has 0 saturated carbocycles. The summed E-state index contributed by atoms with van der Waals surface area (Å²) >= 11 is 1.41. The molecule has 0 bridgehead atoms. The Labute approximate surface area is 102 Å². The average Bonchev–Trinajstić information content (AvgIpc) is 2.37. The van der Waals surface area contributed by atoms with Gasteiger partial charge in [-0.2, -0.15) is 0 Å². The molecule has 4 N–H and O–H groups in total. The normalized spacial score (nSPS) is 10.2. The van der Waals surface area contributed by atoms with Gasteiger partial charge in [-0.1, -0.05) is 17.8 Å². The number of hydrogen-bond donors (Lipinski definition) is 3. The van der Waals surface area contributed by atoms with E-state index in [1.165, 1.54) is 24.0 Å². The number of H-pyrrole nitrogens is 1. The first kappa shape index (κ1) is 11.6. The number of anilines is 1. The molecule has 0 unspecified atom stereocenters. The Kier molecular flexibility index (Phi) is 3.73. The smallest absolute Gasteiger partial charge is 0.251 e. The van der Waals surface area contributed by atoms with Gasteiger partial charge in [-0.25, -0.2) is 15.8 Å². The van der Waals surface area contributed by atoms with Crippen LogP contribution in [-0.4, -0.2) is 15.0 Å². The highest BCUT2D eigenvalue weighted by molar-refractivity contribution is 7.98. The number of nitrogens with zero attached hydrogens (tertiary/aromatic N) is 2. The van der Waals surface area contributed by atoms with Gasteiger partial charge in [-0.15, -0.1) is 0 Å². The predicted octanol–water partition coefficient (Wildman–Crippen LogP) is 0.743. The van der Waals surface area contributed by atoms with Gasteiger partial charge in [0.25, 0.3) is 5.56 Å². The van der Waals surface area contributed by atoms with Crippen molar-refractivity contribution in [2.75, 3.05) is 5.43 Å². The van der Waals surface area contributed by atoms with E-state index in [0.717, 1.165) is 5.69 Å². The third-order valence-electron chi connectivity index (χ3n) is 1.96. The third kappa shape index (κ3) is 3.30. The minimum Gasteiger partial charge on any atom is -0.308 e. The van der Waals surface area contributed by atoms with E-state index in [-0.39, 0.29) is 5.56 Å². The molecule has 2 heterocycles. The Morgan fingerprint density at radius 1 is 1.41 bits per heavy atom. The number of nitrogen functional groups attached to an aromatic ring is 1. The molecule has 0 aliphatic rings. The van der Waals surface area contributed by atoms with Crippen LogP contribution in [0.2, 0.25) is 0 Å². The van der Waals surface area contributed by atoms with E-state index in [1.54, 1.807) is 6.07 Å². The lowest BCUT2D eigenvalue weighted by Crippen LogP contribution is -2.09. The summed E-state index contributed by atoms with van der Waals surface area (Å²) in [6.07, 6.45) is 1.48. The molecular formula is C10H11N5OS. The zero-order chi connectivity index (χ0) is 12.1. The SMILES string of the molecule is NNc1cccc(CSc2nccc(=O)[nH]2)n1. The summed E-state index contributed by atoms with van der Waals surface area (Å²) < 4.78 is 0. The van der Waals surface area contributed by atoms with Crippen LogP contribution >= 0.6 is 11.8 Å². The van der Waals surface area contributed by atoms with E-state index < -0.39 is 0 Å². The lowest BCUT2D eigenvalue weighted by atomic mass is 10.4. The highest BCUT2D eigenvalue weighted by atomic mass is 32.2. The second-order valence-corrected chi connectivity index (χ2v) is 4.15. The molecule has 2 rings (SSSR count). The molecule has 2 aromatic heterocycles. The fraction of sp³-hybridized carbons (Fsp3) is 0.100. The fourth-order valence-electron chi connectivity index (χ4n) is 1.21. The van der Waals surface area contributed by atoms with Gasteiger partial charge in [-0.05, 0) is 12.1 Å². The first-order chi connectivity index (χ1) is 8.28. The predicted molar refractivity (Wildman–Crippen MR) is 66.5 cm³/mol. The Bertz CT molecular complexity index is 556. The minimum absolute atomic E-state index is 0.159. The minimum atomic E-state index is -0.159. The van der Waals surface area contributed by atoms with Crippen molar-refractivity contribution in [2.24, 2.45) is 5.84 Å². The van der Waals surface area contributed by atoms with Gasteiger partial charge in [0.1, 0.15) is 5.82 Å². The van der Waals surface area contributed by atoms with Gasteiger partial charge in [0.05, 0.1) is 5.69 Å². The maximum Gasteiger partial charge on any atom is 0.251 e. The van der Waals surface area contributed by atoms with Crippen LogP contribution < -0.4 is 16.8 Å². The van der Waals surface area contributed by atoms with E-state index in [9.17, 15) is 4.79 Å². The van der Waals surface area contributed by atoms with Crippen LogP contribution in [0, 0.1) is 0 Å². The van der Waals surface area contributed by atoms with E-state index in [2.05, 4.69) is 20.4 Å². The van der Waals surface area contributed by atoms with E-state index >= 15 is 0 Å². The summed E-state index contributed by atoms with van der Waals surface area (Å²) in [6.45, 7) is 0. The van der Waals surface area contributed by atoms with Crippen LogP contribution in [0.25, 0.3) is 0 Å². The molecule has 0 spiro atoms. The molecule has 6 nitrogen and oxygen atoms in total. The van der Waals surface area contributed by atoms with Gasteiger partial charge in [0.15, 0.2) is 5.16 Å².